The average Bonchev–Trinajstić information content (AvgIpc) is 2.31. The zero-order valence-electron chi connectivity index (χ0n) is 10.8. The van der Waals surface area contributed by atoms with Crippen LogP contribution in [0.5, 0.6) is 0 Å². The van der Waals surface area contributed by atoms with Gasteiger partial charge < -0.3 is 5.32 Å². The lowest BCUT2D eigenvalue weighted by Crippen LogP contribution is -2.46. The Morgan fingerprint density at radius 2 is 1.87 bits per heavy atom. The van der Waals surface area contributed by atoms with Crippen LogP contribution < -0.4 is 5.32 Å². The number of likely N-dealkylation sites (N-methyl/N-ethyl adjacent to an activating group) is 1. The molecule has 1 saturated heterocycles. The van der Waals surface area contributed by atoms with E-state index in [4.69, 9.17) is 0 Å². The molecule has 1 N–H and O–H groups in total. The van der Waals surface area contributed by atoms with Gasteiger partial charge in [-0.1, -0.05) is 27.2 Å². The smallest absolute Gasteiger partial charge is 0.0218 e. The molecule has 1 aliphatic heterocycles. The van der Waals surface area contributed by atoms with Gasteiger partial charge in [-0.15, -0.1) is 0 Å². The van der Waals surface area contributed by atoms with E-state index >= 15 is 0 Å². The summed E-state index contributed by atoms with van der Waals surface area (Å²) in [5.74, 6) is 0.998. The topological polar surface area (TPSA) is 15.3 Å². The Kier molecular flexibility index (Phi) is 6.26. The van der Waals surface area contributed by atoms with Crippen molar-refractivity contribution in [2.24, 2.45) is 5.92 Å². The first-order valence-electron chi connectivity index (χ1n) is 6.76. The van der Waals surface area contributed by atoms with Crippen molar-refractivity contribution in [2.75, 3.05) is 26.2 Å². The third-order valence-electron chi connectivity index (χ3n) is 3.84. The summed E-state index contributed by atoms with van der Waals surface area (Å²) < 4.78 is 0. The molecule has 0 aliphatic carbocycles. The number of nitrogens with one attached hydrogen (secondary N) is 1. The van der Waals surface area contributed by atoms with Crippen LogP contribution in [0.4, 0.5) is 0 Å². The quantitative estimate of drug-likeness (QED) is 0.728. The molecule has 0 aromatic heterocycles. The van der Waals surface area contributed by atoms with Crippen LogP contribution in [-0.4, -0.2) is 37.1 Å². The number of piperidine rings is 1. The molecule has 1 heterocycles. The van der Waals surface area contributed by atoms with Gasteiger partial charge in [0.05, 0.1) is 0 Å². The predicted molar refractivity (Wildman–Crippen MR) is 67.2 cm³/mol. The van der Waals surface area contributed by atoms with Crippen LogP contribution in [0.25, 0.3) is 0 Å². The van der Waals surface area contributed by atoms with Gasteiger partial charge in [0.1, 0.15) is 0 Å². The van der Waals surface area contributed by atoms with Gasteiger partial charge in [-0.3, -0.25) is 4.90 Å². The highest BCUT2D eigenvalue weighted by Crippen LogP contribution is 2.21. The van der Waals surface area contributed by atoms with E-state index in [9.17, 15) is 0 Å². The highest BCUT2D eigenvalue weighted by Gasteiger charge is 2.22. The first-order chi connectivity index (χ1) is 7.31. The van der Waals surface area contributed by atoms with Crippen molar-refractivity contribution in [3.8, 4) is 0 Å². The van der Waals surface area contributed by atoms with Gasteiger partial charge in [-0.25, -0.2) is 0 Å². The molecule has 0 aromatic rings. The van der Waals surface area contributed by atoms with Crippen molar-refractivity contribution < 1.29 is 0 Å². The summed E-state index contributed by atoms with van der Waals surface area (Å²) in [6, 6.07) is 0.766. The SMILES string of the molecule is CCNCC(CC)N1CCC(CC)CC1. The minimum absolute atomic E-state index is 0.766. The molecule has 1 rings (SSSR count). The van der Waals surface area contributed by atoms with E-state index < -0.39 is 0 Å². The van der Waals surface area contributed by atoms with Crippen LogP contribution in [0.3, 0.4) is 0 Å². The van der Waals surface area contributed by atoms with Gasteiger partial charge in [-0.2, -0.15) is 0 Å². The molecule has 2 heteroatoms. The lowest BCUT2D eigenvalue weighted by atomic mass is 9.93. The number of likely N-dealkylation sites (tertiary alicyclic amines) is 1. The summed E-state index contributed by atoms with van der Waals surface area (Å²) >= 11 is 0. The molecule has 0 saturated carbocycles. The standard InChI is InChI=1S/C13H28N2/c1-4-12-7-9-15(10-8-12)13(5-2)11-14-6-3/h12-14H,4-11H2,1-3H3. The largest absolute Gasteiger partial charge is 0.315 e. The van der Waals surface area contributed by atoms with E-state index in [1.807, 2.05) is 0 Å². The Balaban J connectivity index is 2.29. The van der Waals surface area contributed by atoms with Crippen LogP contribution in [0, 0.1) is 5.92 Å². The van der Waals surface area contributed by atoms with E-state index in [1.54, 1.807) is 0 Å². The minimum Gasteiger partial charge on any atom is -0.315 e. The van der Waals surface area contributed by atoms with Crippen molar-refractivity contribution in [3.63, 3.8) is 0 Å². The Labute approximate surface area is 95.4 Å². The Morgan fingerprint density at radius 1 is 1.20 bits per heavy atom. The summed E-state index contributed by atoms with van der Waals surface area (Å²) in [4.78, 5) is 2.69. The van der Waals surface area contributed by atoms with Gasteiger partial charge in [0, 0.05) is 12.6 Å². The van der Waals surface area contributed by atoms with Crippen molar-refractivity contribution in [3.05, 3.63) is 0 Å². The normalized spacial score (nSPS) is 21.8. The highest BCUT2D eigenvalue weighted by atomic mass is 15.2. The van der Waals surface area contributed by atoms with Gasteiger partial charge in [0.2, 0.25) is 0 Å². The van der Waals surface area contributed by atoms with Crippen molar-refractivity contribution >= 4 is 0 Å². The predicted octanol–water partition coefficient (Wildman–Crippen LogP) is 2.50. The molecular weight excluding hydrogens is 184 g/mol. The van der Waals surface area contributed by atoms with E-state index in [-0.39, 0.29) is 0 Å². The third-order valence-corrected chi connectivity index (χ3v) is 3.84. The van der Waals surface area contributed by atoms with Crippen molar-refractivity contribution in [2.45, 2.75) is 52.5 Å². The maximum Gasteiger partial charge on any atom is 0.0218 e. The maximum atomic E-state index is 3.48. The molecular formula is C13H28N2. The second kappa shape index (κ2) is 7.24. The van der Waals surface area contributed by atoms with E-state index in [1.165, 1.54) is 45.3 Å². The highest BCUT2D eigenvalue weighted by molar-refractivity contribution is 4.78. The van der Waals surface area contributed by atoms with Gasteiger partial charge in [0.25, 0.3) is 0 Å². The fourth-order valence-corrected chi connectivity index (χ4v) is 2.57. The minimum atomic E-state index is 0.766. The molecule has 15 heavy (non-hydrogen) atoms. The van der Waals surface area contributed by atoms with Crippen LogP contribution >= 0.6 is 0 Å². The molecule has 0 amide bonds. The average molecular weight is 212 g/mol. The number of hydrogen-bond acceptors (Lipinski definition) is 2. The first kappa shape index (κ1) is 13.0. The number of rotatable bonds is 6. The van der Waals surface area contributed by atoms with E-state index in [0.29, 0.717) is 0 Å². The Hall–Kier alpha value is -0.0800. The summed E-state index contributed by atoms with van der Waals surface area (Å²) in [7, 11) is 0. The molecule has 1 fully saturated rings. The maximum absolute atomic E-state index is 3.48. The molecule has 1 atom stereocenters. The van der Waals surface area contributed by atoms with Crippen LogP contribution in [0.2, 0.25) is 0 Å². The first-order valence-corrected chi connectivity index (χ1v) is 6.76. The Morgan fingerprint density at radius 3 is 2.33 bits per heavy atom. The van der Waals surface area contributed by atoms with E-state index in [0.717, 1.165) is 18.5 Å². The zero-order chi connectivity index (χ0) is 11.1. The molecule has 2 nitrogen and oxygen atoms in total. The monoisotopic (exact) mass is 212 g/mol. The number of hydrogen-bond donors (Lipinski definition) is 1. The molecule has 0 bridgehead atoms. The van der Waals surface area contributed by atoms with Crippen LogP contribution in [0.15, 0.2) is 0 Å². The zero-order valence-corrected chi connectivity index (χ0v) is 10.8. The second-order valence-corrected chi connectivity index (χ2v) is 4.76. The summed E-state index contributed by atoms with van der Waals surface area (Å²) in [6.07, 6.45) is 5.49. The van der Waals surface area contributed by atoms with Crippen molar-refractivity contribution in [1.29, 1.82) is 0 Å². The Bertz CT molecular complexity index is 151. The molecule has 0 spiro atoms. The van der Waals surface area contributed by atoms with Gasteiger partial charge in [-0.05, 0) is 44.8 Å². The lowest BCUT2D eigenvalue weighted by molar-refractivity contribution is 0.126. The molecule has 0 aromatic carbocycles. The molecule has 1 aliphatic rings. The molecule has 90 valence electrons. The summed E-state index contributed by atoms with van der Waals surface area (Å²) in [5, 5.41) is 3.48. The second-order valence-electron chi connectivity index (χ2n) is 4.76. The van der Waals surface area contributed by atoms with Crippen LogP contribution in [0.1, 0.15) is 46.5 Å². The van der Waals surface area contributed by atoms with Gasteiger partial charge >= 0.3 is 0 Å². The lowest BCUT2D eigenvalue weighted by Gasteiger charge is -2.37. The fourth-order valence-electron chi connectivity index (χ4n) is 2.57. The number of nitrogens with zero attached hydrogens (tertiary/aromatic N) is 1. The summed E-state index contributed by atoms with van der Waals surface area (Å²) in [6.45, 7) is 11.7. The van der Waals surface area contributed by atoms with Crippen LogP contribution in [-0.2, 0) is 0 Å². The molecule has 0 radical (unpaired) electrons. The fraction of sp³-hybridized carbons (Fsp3) is 1.00. The molecule has 1 unspecified atom stereocenters. The summed E-state index contributed by atoms with van der Waals surface area (Å²) in [5.41, 5.74) is 0. The third kappa shape index (κ3) is 4.12. The van der Waals surface area contributed by atoms with E-state index in [2.05, 4.69) is 31.0 Å². The van der Waals surface area contributed by atoms with Crippen molar-refractivity contribution in [1.82, 2.24) is 10.2 Å². The van der Waals surface area contributed by atoms with Gasteiger partial charge in [0.15, 0.2) is 0 Å².